The van der Waals surface area contributed by atoms with Crippen molar-refractivity contribution >= 4 is 40.6 Å². The largest absolute Gasteiger partial charge is 0.376 e. The molecule has 2 heterocycles. The normalized spacial score (nSPS) is 24.1. The quantitative estimate of drug-likeness (QED) is 0.779. The van der Waals surface area contributed by atoms with Gasteiger partial charge in [-0.2, -0.15) is 0 Å². The zero-order valence-corrected chi connectivity index (χ0v) is 11.9. The second-order valence-corrected chi connectivity index (χ2v) is 5.28. The van der Waals surface area contributed by atoms with E-state index in [1.807, 2.05) is 18.9 Å². The Morgan fingerprint density at radius 3 is 2.65 bits per heavy atom. The van der Waals surface area contributed by atoms with Crippen LogP contribution >= 0.6 is 34.8 Å². The maximum absolute atomic E-state index is 6.13. The van der Waals surface area contributed by atoms with Gasteiger partial charge in [0.15, 0.2) is 0 Å². The van der Waals surface area contributed by atoms with Gasteiger partial charge in [-0.1, -0.05) is 34.8 Å². The summed E-state index contributed by atoms with van der Waals surface area (Å²) in [5, 5.41) is 1.13. The summed E-state index contributed by atoms with van der Waals surface area (Å²) in [6.45, 7) is 2.80. The van der Waals surface area contributed by atoms with Crippen molar-refractivity contribution in [3.63, 3.8) is 0 Å². The van der Waals surface area contributed by atoms with Crippen LogP contribution in [0.5, 0.6) is 0 Å². The Balaban J connectivity index is 2.30. The number of likely N-dealkylation sites (N-methyl/N-ethyl adjacent to an activating group) is 1. The molecule has 0 N–H and O–H groups in total. The first-order valence-electron chi connectivity index (χ1n) is 5.36. The molecule has 0 amide bonds. The van der Waals surface area contributed by atoms with Gasteiger partial charge < -0.3 is 9.64 Å². The van der Waals surface area contributed by atoms with Crippen LogP contribution in [0.25, 0.3) is 0 Å². The molecule has 1 aliphatic heterocycles. The van der Waals surface area contributed by atoms with E-state index in [4.69, 9.17) is 39.5 Å². The fourth-order valence-corrected chi connectivity index (χ4v) is 2.70. The molecule has 1 aliphatic rings. The monoisotopic (exact) mass is 294 g/mol. The smallest absolute Gasteiger partial charge is 0.150 e. The van der Waals surface area contributed by atoms with Gasteiger partial charge >= 0.3 is 0 Å². The van der Waals surface area contributed by atoms with Crippen LogP contribution < -0.4 is 4.90 Å². The summed E-state index contributed by atoms with van der Waals surface area (Å²) in [4.78, 5) is 6.23. The van der Waals surface area contributed by atoms with Crippen molar-refractivity contribution in [2.24, 2.45) is 0 Å². The van der Waals surface area contributed by atoms with E-state index in [1.54, 1.807) is 6.07 Å². The Hall–Kier alpha value is -0.220. The number of aromatic nitrogens is 1. The van der Waals surface area contributed by atoms with Crippen molar-refractivity contribution in [3.8, 4) is 0 Å². The fraction of sp³-hybridized carbons (Fsp3) is 0.545. The molecular formula is C11H13Cl3N2O. The van der Waals surface area contributed by atoms with Crippen LogP contribution in [0.3, 0.4) is 0 Å². The lowest BCUT2D eigenvalue weighted by Crippen LogP contribution is -2.37. The van der Waals surface area contributed by atoms with Crippen LogP contribution in [0.2, 0.25) is 15.2 Å². The van der Waals surface area contributed by atoms with Crippen molar-refractivity contribution in [3.05, 3.63) is 21.3 Å². The molecule has 2 atom stereocenters. The maximum Gasteiger partial charge on any atom is 0.150 e. The summed E-state index contributed by atoms with van der Waals surface area (Å²) in [5.41, 5.74) is 0. The third-order valence-corrected chi connectivity index (χ3v) is 3.99. The summed E-state index contributed by atoms with van der Waals surface area (Å²) >= 11 is 17.9. The minimum Gasteiger partial charge on any atom is -0.376 e. The van der Waals surface area contributed by atoms with Gasteiger partial charge in [0.2, 0.25) is 0 Å². The van der Waals surface area contributed by atoms with Crippen molar-refractivity contribution in [1.82, 2.24) is 4.98 Å². The van der Waals surface area contributed by atoms with Gasteiger partial charge in [0.1, 0.15) is 11.0 Å². The van der Waals surface area contributed by atoms with Crippen LogP contribution in [0.15, 0.2) is 6.07 Å². The van der Waals surface area contributed by atoms with Crippen LogP contribution in [-0.4, -0.2) is 30.8 Å². The average molecular weight is 296 g/mol. The van der Waals surface area contributed by atoms with Gasteiger partial charge in [-0.15, -0.1) is 0 Å². The Kier molecular flexibility index (Phi) is 4.03. The van der Waals surface area contributed by atoms with Crippen LogP contribution in [-0.2, 0) is 4.74 Å². The number of halogens is 3. The predicted octanol–water partition coefficient (Wildman–Crippen LogP) is 3.66. The second kappa shape index (κ2) is 5.19. The molecule has 3 nitrogen and oxygen atoms in total. The molecule has 1 aromatic rings. The van der Waals surface area contributed by atoms with Gasteiger partial charge in [-0.25, -0.2) is 4.98 Å². The van der Waals surface area contributed by atoms with E-state index in [9.17, 15) is 0 Å². The summed E-state index contributed by atoms with van der Waals surface area (Å²) in [5.74, 6) is 0.642. The van der Waals surface area contributed by atoms with E-state index in [1.165, 1.54) is 0 Å². The van der Waals surface area contributed by atoms with Crippen molar-refractivity contribution in [2.75, 3.05) is 18.6 Å². The Morgan fingerprint density at radius 2 is 2.06 bits per heavy atom. The molecule has 6 heteroatoms. The van der Waals surface area contributed by atoms with E-state index < -0.39 is 0 Å². The molecule has 0 aromatic carbocycles. The number of hydrogen-bond acceptors (Lipinski definition) is 3. The lowest BCUT2D eigenvalue weighted by molar-refractivity contribution is 0.118. The number of anilines is 1. The average Bonchev–Trinajstić information content (AvgIpc) is 2.69. The molecule has 1 fully saturated rings. The Labute approximate surface area is 116 Å². The van der Waals surface area contributed by atoms with E-state index in [0.717, 1.165) is 13.0 Å². The van der Waals surface area contributed by atoms with Crippen LogP contribution in [0, 0.1) is 0 Å². The number of hydrogen-bond donors (Lipinski definition) is 0. The first-order valence-corrected chi connectivity index (χ1v) is 6.50. The van der Waals surface area contributed by atoms with Crippen LogP contribution in [0.4, 0.5) is 5.82 Å². The minimum atomic E-state index is 0.160. The third kappa shape index (κ3) is 2.63. The molecule has 1 aromatic heterocycles. The molecule has 1 saturated heterocycles. The lowest BCUT2D eigenvalue weighted by atomic mass is 10.1. The molecule has 94 valence electrons. The minimum absolute atomic E-state index is 0.160. The predicted molar refractivity (Wildman–Crippen MR) is 71.5 cm³/mol. The standard InChI is InChI=1S/C11H13Cl3N2O/c1-6-9(3-4-17-6)16(2)11-8(13)5-7(12)10(14)15-11/h5-6,9H,3-4H2,1-2H3. The highest BCUT2D eigenvalue weighted by molar-refractivity contribution is 6.42. The van der Waals surface area contributed by atoms with Gasteiger partial charge in [0.05, 0.1) is 22.2 Å². The van der Waals surface area contributed by atoms with Crippen molar-refractivity contribution in [1.29, 1.82) is 0 Å². The van der Waals surface area contributed by atoms with E-state index in [-0.39, 0.29) is 17.3 Å². The van der Waals surface area contributed by atoms with Crippen LogP contribution in [0.1, 0.15) is 13.3 Å². The summed E-state index contributed by atoms with van der Waals surface area (Å²) in [7, 11) is 1.94. The molecule has 0 bridgehead atoms. The highest BCUT2D eigenvalue weighted by atomic mass is 35.5. The van der Waals surface area contributed by atoms with Gasteiger partial charge in [0.25, 0.3) is 0 Å². The molecule has 17 heavy (non-hydrogen) atoms. The highest BCUT2D eigenvalue weighted by Crippen LogP contribution is 2.33. The van der Waals surface area contributed by atoms with E-state index in [2.05, 4.69) is 4.98 Å². The molecule has 2 rings (SSSR count). The summed E-state index contributed by atoms with van der Waals surface area (Å²) in [6, 6.07) is 1.88. The van der Waals surface area contributed by atoms with E-state index in [0.29, 0.717) is 15.9 Å². The molecule has 0 aliphatic carbocycles. The molecule has 0 radical (unpaired) electrons. The fourth-order valence-electron chi connectivity index (χ4n) is 2.07. The summed E-state index contributed by atoms with van der Waals surface area (Å²) in [6.07, 6.45) is 1.11. The number of rotatable bonds is 2. The zero-order valence-electron chi connectivity index (χ0n) is 9.58. The SMILES string of the molecule is CC1OCCC1N(C)c1nc(Cl)c(Cl)cc1Cl. The maximum atomic E-state index is 6.13. The highest BCUT2D eigenvalue weighted by Gasteiger charge is 2.29. The second-order valence-electron chi connectivity index (χ2n) is 4.11. The Morgan fingerprint density at radius 1 is 1.35 bits per heavy atom. The van der Waals surface area contributed by atoms with Gasteiger partial charge in [-0.05, 0) is 19.4 Å². The third-order valence-electron chi connectivity index (χ3n) is 3.04. The zero-order chi connectivity index (χ0) is 12.6. The van der Waals surface area contributed by atoms with E-state index >= 15 is 0 Å². The number of ether oxygens (including phenoxy) is 1. The van der Waals surface area contributed by atoms with Crippen molar-refractivity contribution < 1.29 is 4.74 Å². The van der Waals surface area contributed by atoms with Crippen molar-refractivity contribution in [2.45, 2.75) is 25.5 Å². The number of pyridine rings is 1. The molecule has 0 spiro atoms. The topological polar surface area (TPSA) is 25.4 Å². The molecular weight excluding hydrogens is 282 g/mol. The first-order chi connectivity index (χ1) is 8.00. The summed E-state index contributed by atoms with van der Waals surface area (Å²) < 4.78 is 5.53. The number of nitrogens with zero attached hydrogens (tertiary/aromatic N) is 2. The molecule has 0 saturated carbocycles. The van der Waals surface area contributed by atoms with Gasteiger partial charge in [-0.3, -0.25) is 0 Å². The lowest BCUT2D eigenvalue weighted by Gasteiger charge is -2.28. The Bertz CT molecular complexity index is 427. The first kappa shape index (κ1) is 13.2. The van der Waals surface area contributed by atoms with Gasteiger partial charge in [0, 0.05) is 13.7 Å². The molecule has 2 unspecified atom stereocenters.